The highest BCUT2D eigenvalue weighted by Crippen LogP contribution is 2.35. The monoisotopic (exact) mass is 287 g/mol. The quantitative estimate of drug-likeness (QED) is 0.826. The number of benzene rings is 2. The topological polar surface area (TPSA) is 26.0 Å². The van der Waals surface area contributed by atoms with Gasteiger partial charge in [-0.25, -0.2) is 8.78 Å². The number of halogens is 5. The number of hydrogen-bond acceptors (Lipinski definition) is 1. The van der Waals surface area contributed by atoms with Crippen LogP contribution in [0.4, 0.5) is 22.0 Å². The minimum absolute atomic E-state index is 0.0361. The van der Waals surface area contributed by atoms with Crippen LogP contribution in [0, 0.1) is 11.6 Å². The van der Waals surface area contributed by atoms with Gasteiger partial charge in [-0.2, -0.15) is 13.2 Å². The molecule has 0 saturated heterocycles. The Bertz CT molecular complexity index is 634. The Morgan fingerprint density at radius 1 is 0.950 bits per heavy atom. The molecule has 0 aliphatic rings. The van der Waals surface area contributed by atoms with Crippen LogP contribution in [0.2, 0.25) is 0 Å². The van der Waals surface area contributed by atoms with Crippen molar-refractivity contribution in [2.75, 3.05) is 0 Å². The summed E-state index contributed by atoms with van der Waals surface area (Å²) in [4.78, 5) is 0. The standard InChI is InChI=1S/C14H10F5N/c15-10-3-1-9(7-20)11(6-10)8-2-4-13(16)12(5-8)14(17,18)19/h1-6H,7,20H2. The molecule has 0 aliphatic heterocycles. The van der Waals surface area contributed by atoms with Crippen molar-refractivity contribution in [1.29, 1.82) is 0 Å². The van der Waals surface area contributed by atoms with Crippen molar-refractivity contribution in [3.8, 4) is 11.1 Å². The average Bonchev–Trinajstić information content (AvgIpc) is 2.38. The molecule has 20 heavy (non-hydrogen) atoms. The van der Waals surface area contributed by atoms with Gasteiger partial charge in [0.15, 0.2) is 0 Å². The van der Waals surface area contributed by atoms with E-state index in [1.54, 1.807) is 0 Å². The first-order valence-electron chi connectivity index (χ1n) is 5.68. The summed E-state index contributed by atoms with van der Waals surface area (Å²) in [6.07, 6.45) is -4.81. The zero-order valence-electron chi connectivity index (χ0n) is 10.1. The van der Waals surface area contributed by atoms with Crippen LogP contribution in [0.1, 0.15) is 11.1 Å². The van der Waals surface area contributed by atoms with Crippen LogP contribution >= 0.6 is 0 Å². The van der Waals surface area contributed by atoms with E-state index in [4.69, 9.17) is 5.73 Å². The fraction of sp³-hybridized carbons (Fsp3) is 0.143. The fourth-order valence-corrected chi connectivity index (χ4v) is 1.91. The van der Waals surface area contributed by atoms with Gasteiger partial charge in [-0.05, 0) is 41.0 Å². The molecular weight excluding hydrogens is 277 g/mol. The lowest BCUT2D eigenvalue weighted by Crippen LogP contribution is -2.08. The number of alkyl halides is 3. The summed E-state index contributed by atoms with van der Waals surface area (Å²) in [7, 11) is 0. The van der Waals surface area contributed by atoms with Crippen LogP contribution in [0.15, 0.2) is 36.4 Å². The Balaban J connectivity index is 2.62. The van der Waals surface area contributed by atoms with Crippen molar-refractivity contribution in [3.63, 3.8) is 0 Å². The van der Waals surface area contributed by atoms with Gasteiger partial charge in [0, 0.05) is 6.54 Å². The molecule has 2 aromatic carbocycles. The largest absolute Gasteiger partial charge is 0.419 e. The molecule has 2 N–H and O–H groups in total. The van der Waals surface area contributed by atoms with Gasteiger partial charge in [-0.3, -0.25) is 0 Å². The smallest absolute Gasteiger partial charge is 0.326 e. The van der Waals surface area contributed by atoms with Gasteiger partial charge in [-0.1, -0.05) is 12.1 Å². The average molecular weight is 287 g/mol. The molecule has 0 fully saturated rings. The Hall–Kier alpha value is -1.95. The molecule has 6 heteroatoms. The molecule has 0 aromatic heterocycles. The molecule has 0 bridgehead atoms. The Kier molecular flexibility index (Phi) is 3.76. The third-order valence-corrected chi connectivity index (χ3v) is 2.87. The molecule has 0 heterocycles. The van der Waals surface area contributed by atoms with Crippen LogP contribution in [-0.4, -0.2) is 0 Å². The highest BCUT2D eigenvalue weighted by molar-refractivity contribution is 5.68. The Labute approximate surface area is 111 Å². The van der Waals surface area contributed by atoms with Gasteiger partial charge in [0.05, 0.1) is 5.56 Å². The van der Waals surface area contributed by atoms with Crippen molar-refractivity contribution in [3.05, 3.63) is 59.2 Å². The summed E-state index contributed by atoms with van der Waals surface area (Å²) < 4.78 is 64.5. The third-order valence-electron chi connectivity index (χ3n) is 2.87. The van der Waals surface area contributed by atoms with E-state index in [0.717, 1.165) is 6.07 Å². The Morgan fingerprint density at radius 2 is 1.65 bits per heavy atom. The molecule has 0 saturated carbocycles. The molecule has 0 amide bonds. The molecule has 0 aliphatic carbocycles. The zero-order chi connectivity index (χ0) is 14.9. The first-order chi connectivity index (χ1) is 9.32. The molecule has 106 valence electrons. The second kappa shape index (κ2) is 5.20. The normalized spacial score (nSPS) is 11.7. The van der Waals surface area contributed by atoms with Gasteiger partial charge in [0.1, 0.15) is 11.6 Å². The number of hydrogen-bond donors (Lipinski definition) is 1. The van der Waals surface area contributed by atoms with Gasteiger partial charge in [-0.15, -0.1) is 0 Å². The third kappa shape index (κ3) is 2.80. The van der Waals surface area contributed by atoms with Crippen molar-refractivity contribution >= 4 is 0 Å². The Morgan fingerprint density at radius 3 is 2.25 bits per heavy atom. The maximum atomic E-state index is 13.2. The van der Waals surface area contributed by atoms with E-state index in [1.165, 1.54) is 18.2 Å². The van der Waals surface area contributed by atoms with E-state index in [1.807, 2.05) is 0 Å². The van der Waals surface area contributed by atoms with Gasteiger partial charge >= 0.3 is 6.18 Å². The fourth-order valence-electron chi connectivity index (χ4n) is 1.91. The maximum absolute atomic E-state index is 13.2. The molecule has 0 radical (unpaired) electrons. The first-order valence-corrected chi connectivity index (χ1v) is 5.68. The lowest BCUT2D eigenvalue weighted by molar-refractivity contribution is -0.139. The zero-order valence-corrected chi connectivity index (χ0v) is 10.1. The number of rotatable bonds is 2. The highest BCUT2D eigenvalue weighted by Gasteiger charge is 2.34. The van der Waals surface area contributed by atoms with Crippen LogP contribution < -0.4 is 5.73 Å². The molecular formula is C14H10F5N. The molecule has 0 unspecified atom stereocenters. The summed E-state index contributed by atoms with van der Waals surface area (Å²) in [5, 5.41) is 0. The van der Waals surface area contributed by atoms with E-state index in [9.17, 15) is 22.0 Å². The number of nitrogens with two attached hydrogens (primary N) is 1. The van der Waals surface area contributed by atoms with Crippen LogP contribution in [-0.2, 0) is 12.7 Å². The van der Waals surface area contributed by atoms with Crippen molar-refractivity contribution in [2.24, 2.45) is 5.73 Å². The molecule has 2 rings (SSSR count). The van der Waals surface area contributed by atoms with Crippen LogP contribution in [0.25, 0.3) is 11.1 Å². The minimum Gasteiger partial charge on any atom is -0.326 e. The highest BCUT2D eigenvalue weighted by atomic mass is 19.4. The van der Waals surface area contributed by atoms with E-state index in [2.05, 4.69) is 0 Å². The van der Waals surface area contributed by atoms with Crippen LogP contribution in [0.3, 0.4) is 0 Å². The van der Waals surface area contributed by atoms with E-state index in [-0.39, 0.29) is 17.7 Å². The van der Waals surface area contributed by atoms with E-state index >= 15 is 0 Å². The van der Waals surface area contributed by atoms with E-state index in [0.29, 0.717) is 17.7 Å². The molecule has 2 aromatic rings. The maximum Gasteiger partial charge on any atom is 0.419 e. The summed E-state index contributed by atoms with van der Waals surface area (Å²) in [5.74, 6) is -1.97. The van der Waals surface area contributed by atoms with Gasteiger partial charge in [0.25, 0.3) is 0 Å². The predicted octanol–water partition coefficient (Wildman–Crippen LogP) is 4.11. The van der Waals surface area contributed by atoms with Crippen molar-refractivity contribution in [1.82, 2.24) is 0 Å². The lowest BCUT2D eigenvalue weighted by atomic mass is 9.97. The predicted molar refractivity (Wildman–Crippen MR) is 64.7 cm³/mol. The first kappa shape index (κ1) is 14.5. The summed E-state index contributed by atoms with van der Waals surface area (Å²) >= 11 is 0. The van der Waals surface area contributed by atoms with Crippen molar-refractivity contribution < 1.29 is 22.0 Å². The van der Waals surface area contributed by atoms with E-state index < -0.39 is 23.4 Å². The SMILES string of the molecule is NCc1ccc(F)cc1-c1ccc(F)c(C(F)(F)F)c1. The van der Waals surface area contributed by atoms with Gasteiger partial charge < -0.3 is 5.73 Å². The van der Waals surface area contributed by atoms with Gasteiger partial charge in [0.2, 0.25) is 0 Å². The molecule has 1 nitrogen and oxygen atoms in total. The summed E-state index contributed by atoms with van der Waals surface area (Å²) in [6, 6.07) is 6.17. The summed E-state index contributed by atoms with van der Waals surface area (Å²) in [5.41, 5.74) is 4.85. The molecule has 0 atom stereocenters. The van der Waals surface area contributed by atoms with Crippen LogP contribution in [0.5, 0.6) is 0 Å². The molecule has 0 spiro atoms. The minimum atomic E-state index is -4.81. The lowest BCUT2D eigenvalue weighted by Gasteiger charge is -2.12. The van der Waals surface area contributed by atoms with Crippen molar-refractivity contribution in [2.45, 2.75) is 12.7 Å². The second-order valence-corrected chi connectivity index (χ2v) is 4.20. The summed E-state index contributed by atoms with van der Waals surface area (Å²) in [6.45, 7) is 0.0361. The second-order valence-electron chi connectivity index (χ2n) is 4.20.